The third kappa shape index (κ3) is 4.52. The molecule has 0 saturated carbocycles. The Morgan fingerprint density at radius 2 is 2.00 bits per heavy atom. The summed E-state index contributed by atoms with van der Waals surface area (Å²) in [6.07, 6.45) is 1.13. The molecule has 1 unspecified atom stereocenters. The van der Waals surface area contributed by atoms with Crippen molar-refractivity contribution < 1.29 is 4.74 Å². The van der Waals surface area contributed by atoms with Gasteiger partial charge in [0.05, 0.1) is 6.61 Å². The maximum absolute atomic E-state index is 5.87. The minimum absolute atomic E-state index is 0.550. The van der Waals surface area contributed by atoms with E-state index in [2.05, 4.69) is 24.4 Å². The Morgan fingerprint density at radius 3 is 2.56 bits per heavy atom. The van der Waals surface area contributed by atoms with E-state index >= 15 is 0 Å². The summed E-state index contributed by atoms with van der Waals surface area (Å²) in [5, 5.41) is 4.19. The maximum atomic E-state index is 5.87. The highest BCUT2D eigenvalue weighted by Gasteiger charge is 2.08. The zero-order valence-corrected chi connectivity index (χ0v) is 10.8. The second-order valence-corrected chi connectivity index (χ2v) is 4.29. The van der Waals surface area contributed by atoms with Crippen molar-refractivity contribution in [3.63, 3.8) is 0 Å². The Morgan fingerprint density at radius 1 is 1.31 bits per heavy atom. The predicted molar refractivity (Wildman–Crippen MR) is 69.2 cm³/mol. The largest absolute Gasteiger partial charge is 0.383 e. The monoisotopic (exact) mass is 241 g/mol. The highest BCUT2D eigenvalue weighted by atomic mass is 35.5. The number of benzene rings is 1. The van der Waals surface area contributed by atoms with Crippen LogP contribution in [0.15, 0.2) is 24.3 Å². The van der Waals surface area contributed by atoms with Crippen LogP contribution in [0, 0.1) is 0 Å². The number of rotatable bonds is 7. The minimum atomic E-state index is 0.550. The molecule has 0 saturated heterocycles. The molecule has 1 atom stereocenters. The van der Waals surface area contributed by atoms with Gasteiger partial charge in [0.25, 0.3) is 0 Å². The number of hydrogen-bond acceptors (Lipinski definition) is 2. The van der Waals surface area contributed by atoms with Gasteiger partial charge in [-0.05, 0) is 30.0 Å². The lowest BCUT2D eigenvalue weighted by Crippen LogP contribution is -2.24. The quantitative estimate of drug-likeness (QED) is 0.741. The smallest absolute Gasteiger partial charge is 0.0587 e. The fourth-order valence-electron chi connectivity index (χ4n) is 1.68. The third-order valence-electron chi connectivity index (χ3n) is 2.71. The predicted octanol–water partition coefficient (Wildman–Crippen LogP) is 3.07. The summed E-state index contributed by atoms with van der Waals surface area (Å²) < 4.78 is 5.00. The van der Waals surface area contributed by atoms with Crippen LogP contribution in [-0.2, 0) is 4.74 Å². The zero-order valence-electron chi connectivity index (χ0n) is 10.0. The van der Waals surface area contributed by atoms with Crippen LogP contribution >= 0.6 is 11.6 Å². The molecule has 16 heavy (non-hydrogen) atoms. The Bertz CT molecular complexity index is 286. The Hall–Kier alpha value is -0.570. The molecule has 0 aliphatic rings. The minimum Gasteiger partial charge on any atom is -0.383 e. The van der Waals surface area contributed by atoms with Gasteiger partial charge in [-0.15, -0.1) is 0 Å². The van der Waals surface area contributed by atoms with E-state index in [1.165, 1.54) is 5.56 Å². The summed E-state index contributed by atoms with van der Waals surface area (Å²) in [6.45, 7) is 4.86. The van der Waals surface area contributed by atoms with Crippen molar-refractivity contribution in [2.75, 3.05) is 26.8 Å². The maximum Gasteiger partial charge on any atom is 0.0587 e. The molecule has 0 aliphatic heterocycles. The summed E-state index contributed by atoms with van der Waals surface area (Å²) in [4.78, 5) is 0. The average molecular weight is 242 g/mol. The van der Waals surface area contributed by atoms with Gasteiger partial charge in [-0.3, -0.25) is 0 Å². The standard InChI is InChI=1S/C13H20ClNO/c1-3-11(10-15-8-9-16-2)12-4-6-13(14)7-5-12/h4-7,11,15H,3,8-10H2,1-2H3. The van der Waals surface area contributed by atoms with Crippen molar-refractivity contribution >= 4 is 11.6 Å². The van der Waals surface area contributed by atoms with E-state index in [1.807, 2.05) is 12.1 Å². The van der Waals surface area contributed by atoms with Crippen molar-refractivity contribution in [2.45, 2.75) is 19.3 Å². The first-order valence-electron chi connectivity index (χ1n) is 5.73. The summed E-state index contributed by atoms with van der Waals surface area (Å²) in [7, 11) is 1.72. The fourth-order valence-corrected chi connectivity index (χ4v) is 1.81. The average Bonchev–Trinajstić information content (AvgIpc) is 2.31. The molecule has 0 fully saturated rings. The molecule has 0 heterocycles. The highest BCUT2D eigenvalue weighted by Crippen LogP contribution is 2.20. The van der Waals surface area contributed by atoms with Crippen molar-refractivity contribution in [1.29, 1.82) is 0 Å². The van der Waals surface area contributed by atoms with Gasteiger partial charge >= 0.3 is 0 Å². The van der Waals surface area contributed by atoms with Gasteiger partial charge in [0.1, 0.15) is 0 Å². The summed E-state index contributed by atoms with van der Waals surface area (Å²) in [5.74, 6) is 0.550. The fraction of sp³-hybridized carbons (Fsp3) is 0.538. The van der Waals surface area contributed by atoms with E-state index in [1.54, 1.807) is 7.11 Å². The van der Waals surface area contributed by atoms with E-state index in [0.717, 1.165) is 31.1 Å². The van der Waals surface area contributed by atoms with Crippen LogP contribution in [0.3, 0.4) is 0 Å². The number of hydrogen-bond donors (Lipinski definition) is 1. The van der Waals surface area contributed by atoms with Crippen LogP contribution < -0.4 is 5.32 Å². The van der Waals surface area contributed by atoms with Gasteiger partial charge in [-0.25, -0.2) is 0 Å². The first kappa shape index (κ1) is 13.5. The normalized spacial score (nSPS) is 12.7. The number of nitrogens with one attached hydrogen (secondary N) is 1. The summed E-state index contributed by atoms with van der Waals surface area (Å²) in [5.41, 5.74) is 1.34. The Kier molecular flexibility index (Phi) is 6.46. The van der Waals surface area contributed by atoms with Gasteiger partial charge in [0, 0.05) is 25.2 Å². The molecule has 0 spiro atoms. The molecule has 0 amide bonds. The number of ether oxygens (including phenoxy) is 1. The van der Waals surface area contributed by atoms with Crippen molar-refractivity contribution in [3.8, 4) is 0 Å². The molecule has 0 radical (unpaired) electrons. The van der Waals surface area contributed by atoms with Crippen LogP contribution in [0.4, 0.5) is 0 Å². The molecule has 1 aromatic carbocycles. The summed E-state index contributed by atoms with van der Waals surface area (Å²) in [6, 6.07) is 8.12. The molecule has 1 N–H and O–H groups in total. The van der Waals surface area contributed by atoms with E-state index in [-0.39, 0.29) is 0 Å². The molecular formula is C13H20ClNO. The lowest BCUT2D eigenvalue weighted by molar-refractivity contribution is 0.199. The van der Waals surface area contributed by atoms with Crippen LogP contribution in [0.1, 0.15) is 24.8 Å². The Labute approximate surface area is 103 Å². The molecule has 0 aromatic heterocycles. The zero-order chi connectivity index (χ0) is 11.8. The van der Waals surface area contributed by atoms with Gasteiger partial charge in [0.2, 0.25) is 0 Å². The number of methoxy groups -OCH3 is 1. The van der Waals surface area contributed by atoms with Crippen molar-refractivity contribution in [1.82, 2.24) is 5.32 Å². The van der Waals surface area contributed by atoms with Gasteiger partial charge in [-0.1, -0.05) is 30.7 Å². The molecule has 2 nitrogen and oxygen atoms in total. The molecule has 90 valence electrons. The van der Waals surface area contributed by atoms with Crippen molar-refractivity contribution in [3.05, 3.63) is 34.9 Å². The molecule has 0 aliphatic carbocycles. The third-order valence-corrected chi connectivity index (χ3v) is 2.96. The van der Waals surface area contributed by atoms with Gasteiger partial charge in [0.15, 0.2) is 0 Å². The first-order chi connectivity index (χ1) is 7.77. The second kappa shape index (κ2) is 7.66. The molecule has 1 rings (SSSR count). The second-order valence-electron chi connectivity index (χ2n) is 3.85. The highest BCUT2D eigenvalue weighted by molar-refractivity contribution is 6.30. The lowest BCUT2D eigenvalue weighted by Gasteiger charge is -2.16. The van der Waals surface area contributed by atoms with Gasteiger partial charge in [-0.2, -0.15) is 0 Å². The van der Waals surface area contributed by atoms with Crippen LogP contribution in [0.2, 0.25) is 5.02 Å². The lowest BCUT2D eigenvalue weighted by atomic mass is 9.96. The molecular weight excluding hydrogens is 222 g/mol. The Balaban J connectivity index is 2.44. The summed E-state index contributed by atoms with van der Waals surface area (Å²) >= 11 is 5.87. The van der Waals surface area contributed by atoms with Crippen molar-refractivity contribution in [2.24, 2.45) is 0 Å². The first-order valence-corrected chi connectivity index (χ1v) is 6.10. The molecule has 1 aromatic rings. The topological polar surface area (TPSA) is 21.3 Å². The van der Waals surface area contributed by atoms with E-state index < -0.39 is 0 Å². The van der Waals surface area contributed by atoms with Crippen LogP contribution in [0.5, 0.6) is 0 Å². The van der Waals surface area contributed by atoms with E-state index in [4.69, 9.17) is 16.3 Å². The van der Waals surface area contributed by atoms with Gasteiger partial charge < -0.3 is 10.1 Å². The SMILES string of the molecule is CCC(CNCCOC)c1ccc(Cl)cc1. The van der Waals surface area contributed by atoms with Crippen LogP contribution in [-0.4, -0.2) is 26.8 Å². The van der Waals surface area contributed by atoms with E-state index in [9.17, 15) is 0 Å². The van der Waals surface area contributed by atoms with E-state index in [0.29, 0.717) is 5.92 Å². The van der Waals surface area contributed by atoms with Crippen LogP contribution in [0.25, 0.3) is 0 Å². The molecule has 0 bridgehead atoms. The molecule has 3 heteroatoms. The number of halogens is 1.